The minimum atomic E-state index is 0.539. The average molecular weight is 418 g/mol. The molecule has 0 unspecified atom stereocenters. The van der Waals surface area contributed by atoms with Crippen molar-refractivity contribution in [2.24, 2.45) is 5.10 Å². The predicted molar refractivity (Wildman–Crippen MR) is 111 cm³/mol. The molecule has 0 spiro atoms. The second-order valence-electron chi connectivity index (χ2n) is 6.08. The van der Waals surface area contributed by atoms with E-state index in [1.54, 1.807) is 6.20 Å². The van der Waals surface area contributed by atoms with E-state index in [0.717, 1.165) is 27.3 Å². The van der Waals surface area contributed by atoms with E-state index in [9.17, 15) is 5.26 Å². The highest BCUT2D eigenvalue weighted by Crippen LogP contribution is 2.30. The molecule has 0 atom stereocenters. The zero-order chi connectivity index (χ0) is 18.6. The van der Waals surface area contributed by atoms with E-state index in [0.29, 0.717) is 18.8 Å². The van der Waals surface area contributed by atoms with E-state index in [2.05, 4.69) is 31.9 Å². The fourth-order valence-electron chi connectivity index (χ4n) is 3.06. The Morgan fingerprint density at radius 1 is 0.926 bits per heavy atom. The van der Waals surface area contributed by atoms with Crippen LogP contribution in [0.5, 0.6) is 0 Å². The summed E-state index contributed by atoms with van der Waals surface area (Å²) >= 11 is 3.61. The Kier molecular flexibility index (Phi) is 4.86. The van der Waals surface area contributed by atoms with Gasteiger partial charge in [0.1, 0.15) is 18.4 Å². The molecule has 0 saturated carbocycles. The molecule has 132 valence electrons. The van der Waals surface area contributed by atoms with Gasteiger partial charge < -0.3 is 4.90 Å². The topological polar surface area (TPSA) is 55.5 Å². The Labute approximate surface area is 166 Å². The standard InChI is InChI=1S/C21H16BrN5/c22-17-8-2-4-11-21(17)27-15-26(20-10-3-1-7-16(20)13-23)14-19(25-27)18-9-5-6-12-24-18/h1-12H,14-15H2. The summed E-state index contributed by atoms with van der Waals surface area (Å²) in [6, 6.07) is 23.7. The molecule has 1 aliphatic heterocycles. The van der Waals surface area contributed by atoms with E-state index < -0.39 is 0 Å². The maximum absolute atomic E-state index is 9.52. The minimum Gasteiger partial charge on any atom is -0.345 e. The highest BCUT2D eigenvalue weighted by molar-refractivity contribution is 9.10. The van der Waals surface area contributed by atoms with E-state index >= 15 is 0 Å². The molecule has 27 heavy (non-hydrogen) atoms. The second-order valence-corrected chi connectivity index (χ2v) is 6.94. The van der Waals surface area contributed by atoms with Crippen molar-refractivity contribution >= 4 is 33.0 Å². The monoisotopic (exact) mass is 417 g/mol. The van der Waals surface area contributed by atoms with Crippen molar-refractivity contribution in [3.63, 3.8) is 0 Å². The third kappa shape index (κ3) is 3.55. The molecule has 1 aliphatic rings. The van der Waals surface area contributed by atoms with Crippen LogP contribution in [-0.4, -0.2) is 23.9 Å². The highest BCUT2D eigenvalue weighted by atomic mass is 79.9. The van der Waals surface area contributed by atoms with E-state index in [1.807, 2.05) is 71.7 Å². The average Bonchev–Trinajstić information content (AvgIpc) is 2.74. The molecule has 0 bridgehead atoms. The Hall–Kier alpha value is -3.17. The minimum absolute atomic E-state index is 0.539. The molecule has 2 heterocycles. The number of benzene rings is 2. The van der Waals surface area contributed by atoms with Crippen LogP contribution in [0.25, 0.3) is 0 Å². The Morgan fingerprint density at radius 2 is 1.67 bits per heavy atom. The Balaban J connectivity index is 1.79. The fourth-order valence-corrected chi connectivity index (χ4v) is 3.55. The summed E-state index contributed by atoms with van der Waals surface area (Å²) in [5.41, 5.74) is 4.18. The van der Waals surface area contributed by atoms with Crippen molar-refractivity contribution in [2.75, 3.05) is 23.1 Å². The van der Waals surface area contributed by atoms with Crippen LogP contribution in [-0.2, 0) is 0 Å². The smallest absolute Gasteiger partial charge is 0.113 e. The van der Waals surface area contributed by atoms with Crippen molar-refractivity contribution in [1.82, 2.24) is 4.98 Å². The molecule has 1 aromatic heterocycles. The number of rotatable bonds is 3. The van der Waals surface area contributed by atoms with Crippen LogP contribution < -0.4 is 9.91 Å². The number of hydrazone groups is 1. The molecule has 0 radical (unpaired) electrons. The predicted octanol–water partition coefficient (Wildman–Crippen LogP) is 4.40. The van der Waals surface area contributed by atoms with Gasteiger partial charge in [0.2, 0.25) is 0 Å². The zero-order valence-corrected chi connectivity index (χ0v) is 16.0. The van der Waals surface area contributed by atoms with Crippen LogP contribution in [0.1, 0.15) is 11.3 Å². The number of para-hydroxylation sites is 2. The van der Waals surface area contributed by atoms with Gasteiger partial charge in [0.25, 0.3) is 0 Å². The summed E-state index contributed by atoms with van der Waals surface area (Å²) in [5, 5.41) is 16.3. The molecule has 4 rings (SSSR count). The maximum Gasteiger partial charge on any atom is 0.113 e. The molecule has 2 aromatic carbocycles. The summed E-state index contributed by atoms with van der Waals surface area (Å²) in [4.78, 5) is 6.61. The third-order valence-electron chi connectivity index (χ3n) is 4.34. The van der Waals surface area contributed by atoms with Gasteiger partial charge in [0, 0.05) is 10.7 Å². The summed E-state index contributed by atoms with van der Waals surface area (Å²) in [6.07, 6.45) is 1.77. The second kappa shape index (κ2) is 7.60. The number of hydrogen-bond donors (Lipinski definition) is 0. The summed E-state index contributed by atoms with van der Waals surface area (Å²) in [7, 11) is 0. The highest BCUT2D eigenvalue weighted by Gasteiger charge is 2.25. The zero-order valence-electron chi connectivity index (χ0n) is 14.5. The Bertz CT molecular complexity index is 1030. The van der Waals surface area contributed by atoms with Gasteiger partial charge in [-0.2, -0.15) is 10.4 Å². The molecule has 0 N–H and O–H groups in total. The summed E-state index contributed by atoms with van der Waals surface area (Å²) in [5.74, 6) is 0. The lowest BCUT2D eigenvalue weighted by molar-refractivity contribution is 0.754. The van der Waals surface area contributed by atoms with Gasteiger partial charge >= 0.3 is 0 Å². The lowest BCUT2D eigenvalue weighted by Gasteiger charge is -2.36. The number of aromatic nitrogens is 1. The van der Waals surface area contributed by atoms with Crippen molar-refractivity contribution in [1.29, 1.82) is 5.26 Å². The van der Waals surface area contributed by atoms with Crippen LogP contribution in [0.4, 0.5) is 11.4 Å². The van der Waals surface area contributed by atoms with Gasteiger partial charge in [-0.25, -0.2) is 5.01 Å². The first kappa shape index (κ1) is 17.3. The number of pyridine rings is 1. The normalized spacial score (nSPS) is 13.9. The molecule has 3 aromatic rings. The van der Waals surface area contributed by atoms with Crippen molar-refractivity contribution in [3.05, 3.63) is 88.7 Å². The summed E-state index contributed by atoms with van der Waals surface area (Å²) in [6.45, 7) is 1.12. The van der Waals surface area contributed by atoms with Gasteiger partial charge in [-0.15, -0.1) is 0 Å². The number of hydrogen-bond acceptors (Lipinski definition) is 5. The van der Waals surface area contributed by atoms with E-state index in [4.69, 9.17) is 5.10 Å². The van der Waals surface area contributed by atoms with E-state index in [-0.39, 0.29) is 0 Å². The van der Waals surface area contributed by atoms with Crippen molar-refractivity contribution in [2.45, 2.75) is 0 Å². The van der Waals surface area contributed by atoms with Gasteiger partial charge in [-0.05, 0) is 52.3 Å². The molecule has 0 aliphatic carbocycles. The van der Waals surface area contributed by atoms with Gasteiger partial charge in [0.15, 0.2) is 0 Å². The van der Waals surface area contributed by atoms with Crippen molar-refractivity contribution < 1.29 is 0 Å². The number of nitrogens with zero attached hydrogens (tertiary/aromatic N) is 5. The largest absolute Gasteiger partial charge is 0.345 e. The van der Waals surface area contributed by atoms with Crippen LogP contribution in [0.2, 0.25) is 0 Å². The first-order valence-electron chi connectivity index (χ1n) is 8.51. The fraction of sp³-hybridized carbons (Fsp3) is 0.0952. The van der Waals surface area contributed by atoms with Gasteiger partial charge in [0.05, 0.1) is 29.2 Å². The van der Waals surface area contributed by atoms with Gasteiger partial charge in [-0.3, -0.25) is 4.98 Å². The van der Waals surface area contributed by atoms with E-state index in [1.165, 1.54) is 0 Å². The lowest BCUT2D eigenvalue weighted by Crippen LogP contribution is -2.45. The molecular formula is C21H16BrN5. The molecule has 6 heteroatoms. The van der Waals surface area contributed by atoms with Crippen molar-refractivity contribution in [3.8, 4) is 6.07 Å². The number of anilines is 2. The molecule has 0 fully saturated rings. The van der Waals surface area contributed by atoms with Crippen LogP contribution in [0.15, 0.2) is 82.5 Å². The maximum atomic E-state index is 9.52. The van der Waals surface area contributed by atoms with Crippen LogP contribution >= 0.6 is 15.9 Å². The molecule has 0 saturated heterocycles. The SMILES string of the molecule is N#Cc1ccccc1N1CC(c2ccccn2)=NN(c2ccccc2Br)C1. The summed E-state index contributed by atoms with van der Waals surface area (Å²) < 4.78 is 0.963. The van der Waals surface area contributed by atoms with Crippen LogP contribution in [0, 0.1) is 11.3 Å². The lowest BCUT2D eigenvalue weighted by atomic mass is 10.1. The molecular weight excluding hydrogens is 402 g/mol. The molecule has 0 amide bonds. The number of nitriles is 1. The Morgan fingerprint density at radius 3 is 2.41 bits per heavy atom. The quantitative estimate of drug-likeness (QED) is 0.633. The van der Waals surface area contributed by atoms with Gasteiger partial charge in [-0.1, -0.05) is 30.3 Å². The first-order valence-corrected chi connectivity index (χ1v) is 9.30. The van der Waals surface area contributed by atoms with Crippen LogP contribution in [0.3, 0.4) is 0 Å². The third-order valence-corrected chi connectivity index (χ3v) is 5.01. The number of halogens is 1. The molecule has 5 nitrogen and oxygen atoms in total. The first-order chi connectivity index (χ1) is 13.3.